The molecular formula is C31H33N5O5S. The average Bonchev–Trinajstić information content (AvgIpc) is 3.51. The van der Waals surface area contributed by atoms with Gasteiger partial charge in [0.05, 0.1) is 28.5 Å². The SMILES string of the molecule is COc1ccc2c(c1)sc1nc(-c3ccc4c(c3)C(=O)N(C3CCC(=O)NC3=O)C4=O)c(NC(C)(C)CC(C)(C)C)n12. The van der Waals surface area contributed by atoms with Crippen molar-refractivity contribution in [2.45, 2.75) is 65.5 Å². The molecule has 42 heavy (non-hydrogen) atoms. The van der Waals surface area contributed by atoms with Gasteiger partial charge >= 0.3 is 0 Å². The highest BCUT2D eigenvalue weighted by molar-refractivity contribution is 7.23. The smallest absolute Gasteiger partial charge is 0.262 e. The Bertz CT molecular complexity index is 1810. The number of anilines is 1. The zero-order valence-electron chi connectivity index (χ0n) is 24.5. The molecule has 0 bridgehead atoms. The number of ether oxygens (including phenoxy) is 1. The van der Waals surface area contributed by atoms with E-state index in [9.17, 15) is 19.2 Å². The van der Waals surface area contributed by atoms with E-state index < -0.39 is 29.7 Å². The number of hydrogen-bond donors (Lipinski definition) is 2. The van der Waals surface area contributed by atoms with Crippen molar-refractivity contribution in [3.05, 3.63) is 47.5 Å². The molecule has 1 fully saturated rings. The van der Waals surface area contributed by atoms with Crippen LogP contribution in [0.1, 0.15) is 74.6 Å². The number of carbonyl (C=O) groups is 4. The van der Waals surface area contributed by atoms with E-state index in [1.165, 1.54) is 11.3 Å². The Labute approximate surface area is 247 Å². The molecule has 2 N–H and O–H groups in total. The summed E-state index contributed by atoms with van der Waals surface area (Å²) < 4.78 is 8.55. The van der Waals surface area contributed by atoms with Crippen molar-refractivity contribution in [3.63, 3.8) is 0 Å². The molecule has 4 aromatic rings. The van der Waals surface area contributed by atoms with Crippen LogP contribution in [0.5, 0.6) is 5.75 Å². The Morgan fingerprint density at radius 2 is 1.76 bits per heavy atom. The van der Waals surface area contributed by atoms with E-state index in [0.717, 1.165) is 38.1 Å². The van der Waals surface area contributed by atoms with Gasteiger partial charge in [0.25, 0.3) is 11.8 Å². The first-order chi connectivity index (χ1) is 19.8. The number of methoxy groups -OCH3 is 1. The zero-order chi connectivity index (χ0) is 30.1. The number of nitrogens with zero attached hydrogens (tertiary/aromatic N) is 3. The number of fused-ring (bicyclic) bond motifs is 4. The highest BCUT2D eigenvalue weighted by Crippen LogP contribution is 2.41. The number of piperidine rings is 1. The van der Waals surface area contributed by atoms with Gasteiger partial charge in [0, 0.05) is 17.5 Å². The molecule has 1 atom stereocenters. The minimum atomic E-state index is -1.02. The van der Waals surface area contributed by atoms with Crippen molar-refractivity contribution in [2.75, 3.05) is 12.4 Å². The molecule has 11 heteroatoms. The van der Waals surface area contributed by atoms with Gasteiger partial charge in [-0.1, -0.05) is 38.2 Å². The molecule has 4 heterocycles. The van der Waals surface area contributed by atoms with Crippen molar-refractivity contribution < 1.29 is 23.9 Å². The van der Waals surface area contributed by atoms with Crippen LogP contribution in [0.4, 0.5) is 5.82 Å². The van der Waals surface area contributed by atoms with Gasteiger partial charge in [-0.15, -0.1) is 0 Å². The van der Waals surface area contributed by atoms with Crippen molar-refractivity contribution in [2.24, 2.45) is 5.41 Å². The lowest BCUT2D eigenvalue weighted by molar-refractivity contribution is -0.136. The molecule has 0 radical (unpaired) electrons. The second-order valence-electron chi connectivity index (χ2n) is 12.8. The monoisotopic (exact) mass is 587 g/mol. The maximum absolute atomic E-state index is 13.5. The maximum Gasteiger partial charge on any atom is 0.262 e. The maximum atomic E-state index is 13.5. The fourth-order valence-electron chi connectivity index (χ4n) is 6.30. The van der Waals surface area contributed by atoms with Crippen LogP contribution < -0.4 is 15.4 Å². The summed E-state index contributed by atoms with van der Waals surface area (Å²) in [5, 5.41) is 6.00. The predicted molar refractivity (Wildman–Crippen MR) is 161 cm³/mol. The number of carbonyl (C=O) groups excluding carboxylic acids is 4. The fourth-order valence-corrected chi connectivity index (χ4v) is 7.36. The molecule has 10 nitrogen and oxygen atoms in total. The third-order valence-corrected chi connectivity index (χ3v) is 8.60. The molecular weight excluding hydrogens is 554 g/mol. The molecule has 2 aliphatic rings. The predicted octanol–water partition coefficient (Wildman–Crippen LogP) is 5.25. The van der Waals surface area contributed by atoms with E-state index in [2.05, 4.69) is 49.7 Å². The molecule has 6 rings (SSSR count). The molecule has 2 aromatic heterocycles. The highest BCUT2D eigenvalue weighted by atomic mass is 32.1. The standard InChI is InChI=1S/C31H33N5O5S/c1-30(2,3)15-31(4,5)34-25-24(33-29-35(25)20-10-8-17(41-6)14-22(20)42-29)16-7-9-18-19(13-16)28(40)36(27(18)39)21-11-12-23(37)32-26(21)38/h7-10,13-14,21,34H,11-12,15H2,1-6H3,(H,32,37,38). The van der Waals surface area contributed by atoms with Crippen molar-refractivity contribution >= 4 is 56.0 Å². The number of amides is 4. The largest absolute Gasteiger partial charge is 0.497 e. The summed E-state index contributed by atoms with van der Waals surface area (Å²) in [7, 11) is 1.64. The summed E-state index contributed by atoms with van der Waals surface area (Å²) in [5.41, 5.74) is 2.50. The first-order valence-corrected chi connectivity index (χ1v) is 14.7. The van der Waals surface area contributed by atoms with Crippen LogP contribution in [0.15, 0.2) is 36.4 Å². The Morgan fingerprint density at radius 1 is 1.02 bits per heavy atom. The molecule has 2 aromatic carbocycles. The second-order valence-corrected chi connectivity index (χ2v) is 13.8. The minimum Gasteiger partial charge on any atom is -0.497 e. The lowest BCUT2D eigenvalue weighted by Gasteiger charge is -2.34. The number of thiazole rings is 1. The summed E-state index contributed by atoms with van der Waals surface area (Å²) in [6.45, 7) is 10.9. The molecule has 0 saturated carbocycles. The number of aromatic nitrogens is 2. The van der Waals surface area contributed by atoms with E-state index in [4.69, 9.17) is 9.72 Å². The number of hydrogen-bond acceptors (Lipinski definition) is 8. The Balaban J connectivity index is 1.46. The first kappa shape index (κ1) is 27.9. The number of rotatable bonds is 6. The molecule has 2 aliphatic heterocycles. The van der Waals surface area contributed by atoms with Gasteiger partial charge in [0.1, 0.15) is 23.3 Å². The second kappa shape index (κ2) is 9.65. The van der Waals surface area contributed by atoms with Crippen LogP contribution in [0.3, 0.4) is 0 Å². The highest BCUT2D eigenvalue weighted by Gasteiger charge is 2.45. The summed E-state index contributed by atoms with van der Waals surface area (Å²) in [5.74, 6) is -0.577. The van der Waals surface area contributed by atoms with E-state index in [1.54, 1.807) is 25.3 Å². The van der Waals surface area contributed by atoms with Crippen LogP contribution in [0, 0.1) is 5.41 Å². The summed E-state index contributed by atoms with van der Waals surface area (Å²) >= 11 is 1.54. The number of imidazole rings is 1. The van der Waals surface area contributed by atoms with Gasteiger partial charge in [-0.3, -0.25) is 33.8 Å². The quantitative estimate of drug-likeness (QED) is 0.296. The van der Waals surface area contributed by atoms with E-state index in [1.807, 2.05) is 18.2 Å². The van der Waals surface area contributed by atoms with E-state index >= 15 is 0 Å². The molecule has 4 amide bonds. The van der Waals surface area contributed by atoms with Gasteiger partial charge in [-0.2, -0.15) is 0 Å². The molecule has 1 unspecified atom stereocenters. The molecule has 0 spiro atoms. The van der Waals surface area contributed by atoms with Gasteiger partial charge in [-0.25, -0.2) is 4.98 Å². The Hall–Kier alpha value is -4.25. The minimum absolute atomic E-state index is 0.0599. The van der Waals surface area contributed by atoms with E-state index in [-0.39, 0.29) is 34.9 Å². The number of nitrogens with one attached hydrogen (secondary N) is 2. The number of imide groups is 2. The van der Waals surface area contributed by atoms with Crippen molar-refractivity contribution in [1.29, 1.82) is 0 Å². The topological polar surface area (TPSA) is 122 Å². The van der Waals surface area contributed by atoms with Crippen LogP contribution in [-0.4, -0.2) is 56.6 Å². The third kappa shape index (κ3) is 4.71. The van der Waals surface area contributed by atoms with Gasteiger partial charge in [-0.05, 0) is 62.4 Å². The van der Waals surface area contributed by atoms with Crippen molar-refractivity contribution in [1.82, 2.24) is 19.6 Å². The van der Waals surface area contributed by atoms with Gasteiger partial charge < -0.3 is 10.1 Å². The molecule has 218 valence electrons. The lowest BCUT2D eigenvalue weighted by atomic mass is 9.82. The van der Waals surface area contributed by atoms with Gasteiger partial charge in [0.15, 0.2) is 4.96 Å². The first-order valence-electron chi connectivity index (χ1n) is 13.9. The van der Waals surface area contributed by atoms with Crippen molar-refractivity contribution in [3.8, 4) is 17.0 Å². The third-order valence-electron chi connectivity index (χ3n) is 7.60. The Kier molecular flexibility index (Phi) is 6.41. The van der Waals surface area contributed by atoms with Crippen LogP contribution in [-0.2, 0) is 9.59 Å². The normalized spacial score (nSPS) is 17.8. The lowest BCUT2D eigenvalue weighted by Crippen LogP contribution is -2.54. The fraction of sp³-hybridized carbons (Fsp3) is 0.387. The molecule has 1 saturated heterocycles. The summed E-state index contributed by atoms with van der Waals surface area (Å²) in [4.78, 5) is 57.7. The average molecular weight is 588 g/mol. The van der Waals surface area contributed by atoms with E-state index in [0.29, 0.717) is 11.3 Å². The summed E-state index contributed by atoms with van der Waals surface area (Å²) in [6.07, 6.45) is 1.05. The van der Waals surface area contributed by atoms with Gasteiger partial charge in [0.2, 0.25) is 11.8 Å². The van der Waals surface area contributed by atoms with Crippen LogP contribution >= 0.6 is 11.3 Å². The molecule has 0 aliphatic carbocycles. The van der Waals surface area contributed by atoms with Crippen LogP contribution in [0.25, 0.3) is 26.4 Å². The zero-order valence-corrected chi connectivity index (χ0v) is 25.3. The Morgan fingerprint density at radius 3 is 2.45 bits per heavy atom. The summed E-state index contributed by atoms with van der Waals surface area (Å²) in [6, 6.07) is 9.99. The number of benzene rings is 2. The van der Waals surface area contributed by atoms with Crippen LogP contribution in [0.2, 0.25) is 0 Å².